The zero-order valence-electron chi connectivity index (χ0n) is 9.47. The molecule has 1 unspecified atom stereocenters. The molecule has 0 aliphatic heterocycles. The van der Waals surface area contributed by atoms with Gasteiger partial charge in [0.15, 0.2) is 5.76 Å². The Morgan fingerprint density at radius 2 is 1.76 bits per heavy atom. The third-order valence-corrected chi connectivity index (χ3v) is 2.37. The van der Waals surface area contributed by atoms with Crippen LogP contribution in [0.3, 0.4) is 0 Å². The van der Waals surface area contributed by atoms with E-state index in [-0.39, 0.29) is 11.5 Å². The molecule has 0 bridgehead atoms. The number of carbonyl (C=O) groups excluding carboxylic acids is 1. The number of hydrogen-bond acceptors (Lipinski definition) is 5. The zero-order chi connectivity index (χ0) is 12.4. The predicted molar refractivity (Wildman–Crippen MR) is 59.8 cm³/mol. The molecule has 0 saturated carbocycles. The molecule has 5 heteroatoms. The summed E-state index contributed by atoms with van der Waals surface area (Å²) in [7, 11) is 0. The summed E-state index contributed by atoms with van der Waals surface area (Å²) in [5, 5.41) is 2.80. The monoisotopic (exact) mass is 233 g/mol. The SMILES string of the molecule is Cc1ccc(C(=O)C(N=O)c2ccc(C)o2)o1. The van der Waals surface area contributed by atoms with Crippen LogP contribution >= 0.6 is 0 Å². The van der Waals surface area contributed by atoms with Crippen LogP contribution < -0.4 is 0 Å². The van der Waals surface area contributed by atoms with Gasteiger partial charge in [0, 0.05) is 0 Å². The quantitative estimate of drug-likeness (QED) is 0.600. The minimum atomic E-state index is -1.19. The van der Waals surface area contributed by atoms with E-state index in [4.69, 9.17) is 8.83 Å². The second-order valence-corrected chi connectivity index (χ2v) is 3.73. The number of Topliss-reactive ketones (excluding diaryl/α,β-unsaturated/α-hetero) is 1. The van der Waals surface area contributed by atoms with Crippen LogP contribution in [0.2, 0.25) is 0 Å². The zero-order valence-corrected chi connectivity index (χ0v) is 9.47. The Morgan fingerprint density at radius 1 is 1.12 bits per heavy atom. The molecule has 2 aromatic heterocycles. The molecular weight excluding hydrogens is 222 g/mol. The Labute approximate surface area is 97.4 Å². The molecule has 0 aliphatic rings. The molecule has 2 rings (SSSR count). The fourth-order valence-electron chi connectivity index (χ4n) is 1.53. The van der Waals surface area contributed by atoms with Crippen LogP contribution in [0.15, 0.2) is 38.3 Å². The second-order valence-electron chi connectivity index (χ2n) is 3.73. The Bertz CT molecular complexity index is 552. The molecule has 0 aromatic carbocycles. The van der Waals surface area contributed by atoms with Crippen molar-refractivity contribution in [2.45, 2.75) is 19.9 Å². The van der Waals surface area contributed by atoms with E-state index in [1.165, 1.54) is 6.07 Å². The van der Waals surface area contributed by atoms with Crippen molar-refractivity contribution in [1.29, 1.82) is 0 Å². The largest absolute Gasteiger partial charge is 0.463 e. The maximum atomic E-state index is 12.0. The van der Waals surface area contributed by atoms with Crippen LogP contribution in [0.1, 0.15) is 33.9 Å². The molecule has 17 heavy (non-hydrogen) atoms. The average molecular weight is 233 g/mol. The summed E-state index contributed by atoms with van der Waals surface area (Å²) in [4.78, 5) is 22.7. The summed E-state index contributed by atoms with van der Waals surface area (Å²) >= 11 is 0. The van der Waals surface area contributed by atoms with Gasteiger partial charge in [-0.3, -0.25) is 4.79 Å². The topological polar surface area (TPSA) is 72.8 Å². The minimum Gasteiger partial charge on any atom is -0.463 e. The van der Waals surface area contributed by atoms with E-state index in [1.807, 2.05) is 0 Å². The van der Waals surface area contributed by atoms with Crippen LogP contribution in [0.4, 0.5) is 0 Å². The van der Waals surface area contributed by atoms with E-state index >= 15 is 0 Å². The number of ketones is 1. The maximum Gasteiger partial charge on any atom is 0.233 e. The summed E-state index contributed by atoms with van der Waals surface area (Å²) in [6.45, 7) is 3.45. The van der Waals surface area contributed by atoms with Gasteiger partial charge in [0.2, 0.25) is 11.8 Å². The normalized spacial score (nSPS) is 12.4. The maximum absolute atomic E-state index is 12.0. The van der Waals surface area contributed by atoms with Crippen molar-refractivity contribution in [3.63, 3.8) is 0 Å². The first kappa shape index (κ1) is 11.3. The summed E-state index contributed by atoms with van der Waals surface area (Å²) in [5.74, 6) is 1.07. The van der Waals surface area contributed by atoms with Crippen molar-refractivity contribution in [2.24, 2.45) is 5.18 Å². The molecule has 2 heterocycles. The molecule has 0 fully saturated rings. The molecule has 0 radical (unpaired) electrons. The first-order valence-electron chi connectivity index (χ1n) is 5.11. The number of furan rings is 2. The van der Waals surface area contributed by atoms with E-state index in [0.29, 0.717) is 11.5 Å². The lowest BCUT2D eigenvalue weighted by Gasteiger charge is -2.02. The Morgan fingerprint density at radius 3 is 2.24 bits per heavy atom. The van der Waals surface area contributed by atoms with Gasteiger partial charge < -0.3 is 8.83 Å². The number of carbonyl (C=O) groups is 1. The number of rotatable bonds is 4. The van der Waals surface area contributed by atoms with Crippen LogP contribution in [0.5, 0.6) is 0 Å². The predicted octanol–water partition coefficient (Wildman–Crippen LogP) is 3.18. The Hall–Kier alpha value is -2.17. The Balaban J connectivity index is 2.30. The summed E-state index contributed by atoms with van der Waals surface area (Å²) in [6.07, 6.45) is 0. The van der Waals surface area contributed by atoms with Crippen molar-refractivity contribution in [3.8, 4) is 0 Å². The van der Waals surface area contributed by atoms with Gasteiger partial charge in [-0.05, 0) is 43.3 Å². The lowest BCUT2D eigenvalue weighted by Crippen LogP contribution is -2.08. The molecule has 88 valence electrons. The van der Waals surface area contributed by atoms with Gasteiger partial charge in [0.05, 0.1) is 0 Å². The van der Waals surface area contributed by atoms with Gasteiger partial charge >= 0.3 is 0 Å². The lowest BCUT2D eigenvalue weighted by molar-refractivity contribution is 0.0923. The molecule has 5 nitrogen and oxygen atoms in total. The minimum absolute atomic E-state index is 0.112. The van der Waals surface area contributed by atoms with Crippen LogP contribution in [-0.4, -0.2) is 5.78 Å². The van der Waals surface area contributed by atoms with Crippen molar-refractivity contribution in [3.05, 3.63) is 52.2 Å². The van der Waals surface area contributed by atoms with Gasteiger partial charge in [-0.25, -0.2) is 0 Å². The van der Waals surface area contributed by atoms with Crippen LogP contribution in [0, 0.1) is 18.8 Å². The van der Waals surface area contributed by atoms with E-state index in [9.17, 15) is 9.70 Å². The molecule has 0 amide bonds. The highest BCUT2D eigenvalue weighted by Gasteiger charge is 2.28. The first-order chi connectivity index (χ1) is 8.11. The number of aryl methyl sites for hydroxylation is 2. The van der Waals surface area contributed by atoms with Crippen molar-refractivity contribution in [2.75, 3.05) is 0 Å². The van der Waals surface area contributed by atoms with Crippen LogP contribution in [0.25, 0.3) is 0 Å². The lowest BCUT2D eigenvalue weighted by atomic mass is 10.1. The van der Waals surface area contributed by atoms with E-state index in [1.54, 1.807) is 32.0 Å². The van der Waals surface area contributed by atoms with Crippen molar-refractivity contribution >= 4 is 5.78 Å². The fraction of sp³-hybridized carbons (Fsp3) is 0.250. The van der Waals surface area contributed by atoms with Crippen LogP contribution in [-0.2, 0) is 0 Å². The third-order valence-electron chi connectivity index (χ3n) is 2.37. The van der Waals surface area contributed by atoms with Gasteiger partial charge in [-0.15, -0.1) is 4.91 Å². The van der Waals surface area contributed by atoms with Gasteiger partial charge in [0.25, 0.3) is 0 Å². The number of nitroso groups, excluding NO2 is 1. The molecule has 0 saturated heterocycles. The van der Waals surface area contributed by atoms with Crippen molar-refractivity contribution in [1.82, 2.24) is 0 Å². The second kappa shape index (κ2) is 4.37. The summed E-state index contributed by atoms with van der Waals surface area (Å²) in [6, 6.07) is 5.23. The summed E-state index contributed by atoms with van der Waals surface area (Å²) < 4.78 is 10.4. The number of nitrogens with zero attached hydrogens (tertiary/aromatic N) is 1. The first-order valence-corrected chi connectivity index (χ1v) is 5.11. The van der Waals surface area contributed by atoms with E-state index < -0.39 is 11.8 Å². The fourth-order valence-corrected chi connectivity index (χ4v) is 1.53. The highest BCUT2D eigenvalue weighted by molar-refractivity contribution is 5.98. The molecule has 0 aliphatic carbocycles. The standard InChI is InChI=1S/C12H11NO4/c1-7-3-5-9(16-7)11(13-15)12(14)10-6-4-8(2)17-10/h3-6,11H,1-2H3. The van der Waals surface area contributed by atoms with Gasteiger partial charge in [-0.1, -0.05) is 0 Å². The van der Waals surface area contributed by atoms with Gasteiger partial charge in [-0.2, -0.15) is 0 Å². The number of hydrogen-bond donors (Lipinski definition) is 0. The van der Waals surface area contributed by atoms with E-state index in [2.05, 4.69) is 5.18 Å². The molecule has 0 spiro atoms. The third kappa shape index (κ3) is 2.18. The molecule has 1 atom stereocenters. The smallest absolute Gasteiger partial charge is 0.233 e. The van der Waals surface area contributed by atoms with E-state index in [0.717, 1.165) is 0 Å². The Kier molecular flexibility index (Phi) is 2.91. The molecule has 0 N–H and O–H groups in total. The molecule has 2 aromatic rings. The van der Waals surface area contributed by atoms with Crippen molar-refractivity contribution < 1.29 is 13.6 Å². The highest BCUT2D eigenvalue weighted by atomic mass is 16.4. The summed E-state index contributed by atoms with van der Waals surface area (Å²) in [5.41, 5.74) is 0. The van der Waals surface area contributed by atoms with Gasteiger partial charge in [0.1, 0.15) is 17.3 Å². The average Bonchev–Trinajstić information content (AvgIpc) is 2.89. The molecular formula is C12H11NO4. The highest BCUT2D eigenvalue weighted by Crippen LogP contribution is 2.24.